The molecule has 1 aromatic carbocycles. The first-order chi connectivity index (χ1) is 20.0. The van der Waals surface area contributed by atoms with Crippen LogP contribution in [0.1, 0.15) is 31.1 Å². The molecular formula is C25H33F3N10O4Si. The van der Waals surface area contributed by atoms with Crippen molar-refractivity contribution >= 4 is 38.0 Å². The van der Waals surface area contributed by atoms with Crippen LogP contribution in [0.3, 0.4) is 0 Å². The summed E-state index contributed by atoms with van der Waals surface area (Å²) in [4.78, 5) is 41.9. The molecule has 1 fully saturated rings. The second-order valence-corrected chi connectivity index (χ2v) is 16.5. The fourth-order valence-electron chi connectivity index (χ4n) is 4.48. The second-order valence-electron chi connectivity index (χ2n) is 11.7. The van der Waals surface area contributed by atoms with Gasteiger partial charge in [0.25, 0.3) is 5.91 Å². The number of nitrogens with two attached hydrogens (primary N) is 1. The Bertz CT molecular complexity index is 1390. The number of benzene rings is 1. The summed E-state index contributed by atoms with van der Waals surface area (Å²) in [7, 11) is -2.61. The molecule has 3 aliphatic heterocycles. The predicted molar refractivity (Wildman–Crippen MR) is 154 cm³/mol. The number of rotatable bonds is 8. The van der Waals surface area contributed by atoms with Gasteiger partial charge in [-0.2, -0.15) is 13.2 Å². The fraction of sp³-hybridized carbons (Fsp3) is 0.560. The molecule has 2 amide bonds. The number of fused-ring (bicyclic) bond motifs is 1. The number of aliphatic imine (C=N–C) groups is 3. The number of alkyl halides is 3. The Morgan fingerprint density at radius 2 is 1.95 bits per heavy atom. The minimum atomic E-state index is -5.12. The van der Waals surface area contributed by atoms with E-state index in [9.17, 15) is 28.3 Å². The van der Waals surface area contributed by atoms with Crippen molar-refractivity contribution in [2.24, 2.45) is 25.8 Å². The molecule has 0 aromatic heterocycles. The van der Waals surface area contributed by atoms with E-state index in [-0.39, 0.29) is 23.3 Å². The summed E-state index contributed by atoms with van der Waals surface area (Å²) in [5.41, 5.74) is 16.3. The number of azide groups is 1. The van der Waals surface area contributed by atoms with Crippen molar-refractivity contribution in [3.8, 4) is 0 Å². The van der Waals surface area contributed by atoms with Crippen LogP contribution in [-0.2, 0) is 14.0 Å². The molecule has 14 nitrogen and oxygen atoms in total. The Morgan fingerprint density at radius 3 is 2.56 bits per heavy atom. The maximum absolute atomic E-state index is 12.9. The van der Waals surface area contributed by atoms with Crippen LogP contribution in [0.5, 0.6) is 0 Å². The minimum Gasteiger partial charge on any atom is -0.409 e. The highest BCUT2D eigenvalue weighted by atomic mass is 28.4. The van der Waals surface area contributed by atoms with E-state index in [1.54, 1.807) is 40.5 Å². The van der Waals surface area contributed by atoms with Crippen LogP contribution < -0.4 is 16.4 Å². The number of hydrogen-bond donors (Lipinski definition) is 3. The highest BCUT2D eigenvalue weighted by Gasteiger charge is 2.55. The van der Waals surface area contributed by atoms with E-state index in [0.717, 1.165) is 6.34 Å². The van der Waals surface area contributed by atoms with E-state index >= 15 is 0 Å². The second kappa shape index (κ2) is 11.7. The van der Waals surface area contributed by atoms with Crippen molar-refractivity contribution < 1.29 is 31.9 Å². The van der Waals surface area contributed by atoms with Crippen LogP contribution in [0.25, 0.3) is 10.4 Å². The Kier molecular flexibility index (Phi) is 8.72. The van der Waals surface area contributed by atoms with Crippen molar-refractivity contribution in [3.05, 3.63) is 46.3 Å². The first kappa shape index (κ1) is 32.1. The van der Waals surface area contributed by atoms with Gasteiger partial charge in [-0.05, 0) is 35.8 Å². The molecule has 5 atom stereocenters. The summed E-state index contributed by atoms with van der Waals surface area (Å²) in [5.74, 6) is -4.29. The topological polar surface area (TPSA) is 192 Å². The molecule has 3 heterocycles. The molecule has 1 unspecified atom stereocenters. The monoisotopic (exact) mass is 622 g/mol. The van der Waals surface area contributed by atoms with Gasteiger partial charge in [-0.3, -0.25) is 20.3 Å². The van der Waals surface area contributed by atoms with Gasteiger partial charge in [-0.1, -0.05) is 44.1 Å². The summed E-state index contributed by atoms with van der Waals surface area (Å²) in [5, 5.41) is 7.99. The number of amidine groups is 1. The summed E-state index contributed by atoms with van der Waals surface area (Å²) in [6, 6.07) is 7.22. The van der Waals surface area contributed by atoms with Gasteiger partial charge in [0, 0.05) is 17.0 Å². The van der Waals surface area contributed by atoms with Crippen molar-refractivity contribution in [1.29, 1.82) is 0 Å². The Labute approximate surface area is 246 Å². The average Bonchev–Trinajstić information content (AvgIpc) is 3.49. The van der Waals surface area contributed by atoms with E-state index in [1.807, 2.05) is 33.9 Å². The summed E-state index contributed by atoms with van der Waals surface area (Å²) in [6.45, 7) is 9.18. The molecule has 3 aliphatic rings. The number of halogens is 3. The Hall–Kier alpha value is -3.83. The SMILES string of the molecule is CC(C)(C)[Si](C)(C)O[C@@H]1[C@H](N=[N+]=[N-])[C@@H](CNC(=O)C(F)(F)F)O[C@H]1N1CN=C2C1=NC=NC2(N)NC(=O)c1ccccc1. The third-order valence-corrected chi connectivity index (χ3v) is 12.2. The zero-order valence-electron chi connectivity index (χ0n) is 24.2. The van der Waals surface area contributed by atoms with Gasteiger partial charge in [0.1, 0.15) is 24.8 Å². The summed E-state index contributed by atoms with van der Waals surface area (Å²) >= 11 is 0. The quantitative estimate of drug-likeness (QED) is 0.131. The Morgan fingerprint density at radius 1 is 1.28 bits per heavy atom. The first-order valence-electron chi connectivity index (χ1n) is 13.3. The molecule has 4 N–H and O–H groups in total. The maximum atomic E-state index is 12.9. The number of amides is 2. The number of nitrogens with zero attached hydrogens (tertiary/aromatic N) is 7. The number of ether oxygens (including phenoxy) is 1. The van der Waals surface area contributed by atoms with Crippen molar-refractivity contribution in [2.45, 2.75) is 75.3 Å². The molecule has 43 heavy (non-hydrogen) atoms. The maximum Gasteiger partial charge on any atom is 0.471 e. The van der Waals surface area contributed by atoms with Gasteiger partial charge in [-0.25, -0.2) is 9.98 Å². The highest BCUT2D eigenvalue weighted by Crippen LogP contribution is 2.41. The lowest BCUT2D eigenvalue weighted by Gasteiger charge is -2.41. The van der Waals surface area contributed by atoms with Crippen LogP contribution in [0.15, 0.2) is 50.4 Å². The van der Waals surface area contributed by atoms with E-state index < -0.39 is 63.1 Å². The summed E-state index contributed by atoms with van der Waals surface area (Å²) in [6.07, 6.45) is -7.22. The van der Waals surface area contributed by atoms with Gasteiger partial charge in [0.2, 0.25) is 5.79 Å². The molecular weight excluding hydrogens is 589 g/mol. The molecule has 232 valence electrons. The third-order valence-electron chi connectivity index (χ3n) is 7.77. The van der Waals surface area contributed by atoms with Gasteiger partial charge < -0.3 is 24.7 Å². The third kappa shape index (κ3) is 6.57. The molecule has 18 heteroatoms. The van der Waals surface area contributed by atoms with Crippen LogP contribution in [-0.4, -0.2) is 92.6 Å². The molecule has 0 radical (unpaired) electrons. The standard InChI is InChI=1S/C25H33F3N10O4Si/c1-23(2,3)43(4,5)42-17-16(36-37-30)15(11-31-22(40)24(26,27)28)41-21(17)38-13-33-18-19(38)32-12-34-25(18,29)35-20(39)14-9-7-6-8-10-14/h6-10,12,15-17,21H,11,13,29H2,1-5H3,(H,31,40)(H,35,39)/t15-,16-,17-,21-,25?/m1/s1. The van der Waals surface area contributed by atoms with Gasteiger partial charge >= 0.3 is 12.1 Å². The van der Waals surface area contributed by atoms with Crippen LogP contribution in [0.4, 0.5) is 13.2 Å². The minimum absolute atomic E-state index is 0.0929. The molecule has 1 saturated heterocycles. The smallest absolute Gasteiger partial charge is 0.409 e. The number of hydrogen-bond acceptors (Lipinski definition) is 10. The van der Waals surface area contributed by atoms with Crippen molar-refractivity contribution in [2.75, 3.05) is 13.2 Å². The van der Waals surface area contributed by atoms with Gasteiger partial charge in [0.05, 0.1) is 12.1 Å². The van der Waals surface area contributed by atoms with Crippen LogP contribution >= 0.6 is 0 Å². The molecule has 0 bridgehead atoms. The lowest BCUT2D eigenvalue weighted by Crippen LogP contribution is -2.64. The van der Waals surface area contributed by atoms with Gasteiger partial charge in [0.15, 0.2) is 20.4 Å². The van der Waals surface area contributed by atoms with E-state index in [2.05, 4.69) is 30.3 Å². The molecule has 0 spiro atoms. The lowest BCUT2D eigenvalue weighted by atomic mass is 10.1. The zero-order valence-corrected chi connectivity index (χ0v) is 25.2. The summed E-state index contributed by atoms with van der Waals surface area (Å²) < 4.78 is 51.6. The Balaban J connectivity index is 1.64. The lowest BCUT2D eigenvalue weighted by molar-refractivity contribution is -0.174. The highest BCUT2D eigenvalue weighted by molar-refractivity contribution is 6.74. The van der Waals surface area contributed by atoms with Crippen LogP contribution in [0, 0.1) is 0 Å². The van der Waals surface area contributed by atoms with Crippen molar-refractivity contribution in [3.63, 3.8) is 0 Å². The van der Waals surface area contributed by atoms with Crippen LogP contribution in [0.2, 0.25) is 18.1 Å². The predicted octanol–water partition coefficient (Wildman–Crippen LogP) is 2.66. The molecule has 4 rings (SSSR count). The number of carbonyl (C=O) groups excluding carboxylic acids is 2. The normalized spacial score (nSPS) is 27.1. The molecule has 0 saturated carbocycles. The zero-order chi connectivity index (χ0) is 31.8. The largest absolute Gasteiger partial charge is 0.471 e. The van der Waals surface area contributed by atoms with Crippen molar-refractivity contribution in [1.82, 2.24) is 15.5 Å². The van der Waals surface area contributed by atoms with E-state index in [4.69, 9.17) is 14.9 Å². The molecule has 1 aromatic rings. The number of nitrogens with one attached hydrogen (secondary N) is 2. The average molecular weight is 623 g/mol. The first-order valence-corrected chi connectivity index (χ1v) is 16.2. The number of carbonyl (C=O) groups is 2. The van der Waals surface area contributed by atoms with E-state index in [1.165, 1.54) is 0 Å². The van der Waals surface area contributed by atoms with Gasteiger partial charge in [-0.15, -0.1) is 0 Å². The molecule has 0 aliphatic carbocycles. The fourth-order valence-corrected chi connectivity index (χ4v) is 5.77. The van der Waals surface area contributed by atoms with E-state index in [0.29, 0.717) is 5.56 Å².